The summed E-state index contributed by atoms with van der Waals surface area (Å²) >= 11 is 0. The monoisotopic (exact) mass is 175 g/mol. The first-order valence-corrected chi connectivity index (χ1v) is 4.32. The number of rotatable bonds is 5. The molecule has 0 aliphatic carbocycles. The molecule has 0 radical (unpaired) electrons. The van der Waals surface area contributed by atoms with E-state index in [9.17, 15) is 4.79 Å². The van der Waals surface area contributed by atoms with Gasteiger partial charge in [-0.05, 0) is 12.8 Å². The first-order valence-electron chi connectivity index (χ1n) is 4.32. The van der Waals surface area contributed by atoms with Gasteiger partial charge in [-0.1, -0.05) is 20.3 Å². The molecule has 72 valence electrons. The lowest BCUT2D eigenvalue weighted by atomic mass is 10.4. The van der Waals surface area contributed by atoms with Crippen molar-refractivity contribution in [2.24, 2.45) is 0 Å². The number of carbonyl (C=O) groups is 1. The maximum atomic E-state index is 10.8. The first kappa shape index (κ1) is 11.2. The zero-order valence-electron chi connectivity index (χ0n) is 7.67. The highest BCUT2D eigenvalue weighted by Gasteiger charge is 2.05. The highest BCUT2D eigenvalue weighted by Crippen LogP contribution is 1.90. The average molecular weight is 175 g/mol. The van der Waals surface area contributed by atoms with Crippen molar-refractivity contribution < 1.29 is 14.6 Å². The fourth-order valence-corrected chi connectivity index (χ4v) is 0.589. The summed E-state index contributed by atoms with van der Waals surface area (Å²) in [5.74, 6) is 0. The number of hydrogen-bond acceptors (Lipinski definition) is 3. The Kier molecular flexibility index (Phi) is 6.47. The minimum absolute atomic E-state index is 0.415. The van der Waals surface area contributed by atoms with Crippen LogP contribution in [0.5, 0.6) is 0 Å². The number of ether oxygens (including phenoxy) is 1. The standard InChI is InChI=1S/C8H17NO3/c1-3-5-6-12-8(11)9-7(10)4-2/h7,10H,3-6H2,1-2H3,(H,9,11). The molecule has 0 aliphatic rings. The van der Waals surface area contributed by atoms with E-state index >= 15 is 0 Å². The Balaban J connectivity index is 3.33. The molecule has 0 rings (SSSR count). The lowest BCUT2D eigenvalue weighted by Gasteiger charge is -2.10. The van der Waals surface area contributed by atoms with Gasteiger partial charge >= 0.3 is 6.09 Å². The fraction of sp³-hybridized carbons (Fsp3) is 0.875. The van der Waals surface area contributed by atoms with Gasteiger partial charge in [-0.2, -0.15) is 0 Å². The molecule has 0 bridgehead atoms. The van der Waals surface area contributed by atoms with E-state index in [1.165, 1.54) is 0 Å². The van der Waals surface area contributed by atoms with Gasteiger partial charge in [-0.25, -0.2) is 4.79 Å². The van der Waals surface area contributed by atoms with E-state index in [-0.39, 0.29) is 0 Å². The van der Waals surface area contributed by atoms with Gasteiger partial charge in [-0.15, -0.1) is 0 Å². The van der Waals surface area contributed by atoms with E-state index in [0.717, 1.165) is 12.8 Å². The third kappa shape index (κ3) is 5.97. The van der Waals surface area contributed by atoms with Gasteiger partial charge in [0, 0.05) is 0 Å². The van der Waals surface area contributed by atoms with Gasteiger partial charge in [0.05, 0.1) is 6.61 Å². The minimum atomic E-state index is -0.792. The molecule has 2 N–H and O–H groups in total. The SMILES string of the molecule is CCCCOC(=O)NC(O)CC. The summed E-state index contributed by atoms with van der Waals surface area (Å²) in [6.45, 7) is 4.21. The van der Waals surface area contributed by atoms with Crippen LogP contribution >= 0.6 is 0 Å². The number of aliphatic hydroxyl groups excluding tert-OH is 1. The summed E-state index contributed by atoms with van der Waals surface area (Å²) in [4.78, 5) is 10.8. The number of amides is 1. The Morgan fingerprint density at radius 1 is 1.58 bits per heavy atom. The van der Waals surface area contributed by atoms with Crippen LogP contribution in [0.25, 0.3) is 0 Å². The summed E-state index contributed by atoms with van der Waals surface area (Å²) in [5, 5.41) is 11.3. The van der Waals surface area contributed by atoms with Crippen molar-refractivity contribution in [3.8, 4) is 0 Å². The zero-order chi connectivity index (χ0) is 9.40. The first-order chi connectivity index (χ1) is 5.70. The van der Waals surface area contributed by atoms with E-state index in [1.807, 2.05) is 6.92 Å². The number of carbonyl (C=O) groups excluding carboxylic acids is 1. The van der Waals surface area contributed by atoms with Crippen LogP contribution in [0.1, 0.15) is 33.1 Å². The van der Waals surface area contributed by atoms with Crippen molar-refractivity contribution in [1.82, 2.24) is 5.32 Å². The van der Waals surface area contributed by atoms with Crippen LogP contribution in [0.2, 0.25) is 0 Å². The van der Waals surface area contributed by atoms with Crippen molar-refractivity contribution in [2.45, 2.75) is 39.3 Å². The highest BCUT2D eigenvalue weighted by atomic mass is 16.5. The van der Waals surface area contributed by atoms with E-state index in [1.54, 1.807) is 6.92 Å². The molecule has 0 heterocycles. The van der Waals surface area contributed by atoms with Gasteiger partial charge in [-0.3, -0.25) is 5.32 Å². The Labute approximate surface area is 72.9 Å². The molecule has 0 aromatic heterocycles. The molecule has 12 heavy (non-hydrogen) atoms. The lowest BCUT2D eigenvalue weighted by molar-refractivity contribution is 0.0960. The van der Waals surface area contributed by atoms with Gasteiger partial charge in [0.25, 0.3) is 0 Å². The second-order valence-corrected chi connectivity index (χ2v) is 2.56. The maximum absolute atomic E-state index is 10.8. The van der Waals surface area contributed by atoms with Gasteiger partial charge in [0.15, 0.2) is 0 Å². The quantitative estimate of drug-likeness (QED) is 0.488. The molecule has 1 atom stereocenters. The van der Waals surface area contributed by atoms with Crippen LogP contribution in [-0.2, 0) is 4.74 Å². The van der Waals surface area contributed by atoms with E-state index in [2.05, 4.69) is 5.32 Å². The Bertz CT molecular complexity index is 127. The molecule has 0 spiro atoms. The summed E-state index contributed by atoms with van der Waals surface area (Å²) < 4.78 is 4.74. The second-order valence-electron chi connectivity index (χ2n) is 2.56. The van der Waals surface area contributed by atoms with Crippen molar-refractivity contribution in [3.05, 3.63) is 0 Å². The molecule has 0 aromatic rings. The summed E-state index contributed by atoms with van der Waals surface area (Å²) in [5.41, 5.74) is 0. The van der Waals surface area contributed by atoms with Gasteiger partial charge in [0.2, 0.25) is 0 Å². The Morgan fingerprint density at radius 3 is 2.75 bits per heavy atom. The van der Waals surface area contributed by atoms with Crippen LogP contribution < -0.4 is 5.32 Å². The maximum Gasteiger partial charge on any atom is 0.409 e. The van der Waals surface area contributed by atoms with Crippen molar-refractivity contribution >= 4 is 6.09 Å². The molecular formula is C8H17NO3. The van der Waals surface area contributed by atoms with Gasteiger partial charge < -0.3 is 9.84 Å². The van der Waals surface area contributed by atoms with Crippen molar-refractivity contribution in [1.29, 1.82) is 0 Å². The zero-order valence-corrected chi connectivity index (χ0v) is 7.67. The van der Waals surface area contributed by atoms with Crippen LogP contribution in [-0.4, -0.2) is 24.0 Å². The molecule has 1 amide bonds. The molecular weight excluding hydrogens is 158 g/mol. The lowest BCUT2D eigenvalue weighted by Crippen LogP contribution is -2.34. The summed E-state index contributed by atoms with van der Waals surface area (Å²) in [6, 6.07) is 0. The van der Waals surface area contributed by atoms with Crippen LogP contribution in [0, 0.1) is 0 Å². The second kappa shape index (κ2) is 6.91. The topological polar surface area (TPSA) is 58.6 Å². The number of alkyl carbamates (subject to hydrolysis) is 1. The van der Waals surface area contributed by atoms with Crippen molar-refractivity contribution in [3.63, 3.8) is 0 Å². The van der Waals surface area contributed by atoms with E-state index in [0.29, 0.717) is 13.0 Å². The summed E-state index contributed by atoms with van der Waals surface area (Å²) in [7, 11) is 0. The predicted molar refractivity (Wildman–Crippen MR) is 45.7 cm³/mol. The van der Waals surface area contributed by atoms with Crippen LogP contribution in [0.15, 0.2) is 0 Å². The number of aliphatic hydroxyl groups is 1. The molecule has 4 heteroatoms. The molecule has 4 nitrogen and oxygen atoms in total. The Morgan fingerprint density at radius 2 is 2.25 bits per heavy atom. The molecule has 0 fully saturated rings. The molecule has 1 unspecified atom stereocenters. The Hall–Kier alpha value is -0.770. The number of unbranched alkanes of at least 4 members (excludes halogenated alkanes) is 1. The summed E-state index contributed by atoms with van der Waals surface area (Å²) in [6.07, 6.45) is 0.999. The van der Waals surface area contributed by atoms with Crippen molar-refractivity contribution in [2.75, 3.05) is 6.61 Å². The van der Waals surface area contributed by atoms with E-state index in [4.69, 9.17) is 9.84 Å². The fourth-order valence-electron chi connectivity index (χ4n) is 0.589. The van der Waals surface area contributed by atoms with Gasteiger partial charge in [0.1, 0.15) is 6.23 Å². The third-order valence-electron chi connectivity index (χ3n) is 1.40. The molecule has 0 aromatic carbocycles. The predicted octanol–water partition coefficient (Wildman–Crippen LogP) is 1.24. The highest BCUT2D eigenvalue weighted by molar-refractivity contribution is 5.67. The molecule has 0 aliphatic heterocycles. The van der Waals surface area contributed by atoms with Crippen LogP contribution in [0.4, 0.5) is 4.79 Å². The average Bonchev–Trinajstić information content (AvgIpc) is 2.05. The van der Waals surface area contributed by atoms with E-state index < -0.39 is 12.3 Å². The minimum Gasteiger partial charge on any atom is -0.450 e. The smallest absolute Gasteiger partial charge is 0.409 e. The number of hydrogen-bond donors (Lipinski definition) is 2. The molecule has 0 saturated carbocycles. The molecule has 0 saturated heterocycles. The number of nitrogens with one attached hydrogen (secondary N) is 1. The van der Waals surface area contributed by atoms with Crippen LogP contribution in [0.3, 0.4) is 0 Å². The normalized spacial score (nSPS) is 12.2. The third-order valence-corrected chi connectivity index (χ3v) is 1.40. The largest absolute Gasteiger partial charge is 0.450 e.